The summed E-state index contributed by atoms with van der Waals surface area (Å²) in [6.07, 6.45) is 2.82. The number of carbonyl (C=O) groups is 1. The molecule has 1 aliphatic rings. The first-order chi connectivity index (χ1) is 9.00. The van der Waals surface area contributed by atoms with Gasteiger partial charge in [-0.15, -0.1) is 0 Å². The van der Waals surface area contributed by atoms with E-state index >= 15 is 0 Å². The lowest BCUT2D eigenvalue weighted by Gasteiger charge is -2.28. The molecule has 100 valence electrons. The van der Waals surface area contributed by atoms with E-state index in [1.54, 1.807) is 4.90 Å². The standard InChI is InChI=1S/C13H14N2O4/c1-9-4-3-7-14(8-9)12-10(13(16)17)5-2-6-11(12)15(18)19/h2,4-6H,3,7-8H2,1H3,(H,16,17). The molecule has 0 fully saturated rings. The lowest BCUT2D eigenvalue weighted by molar-refractivity contribution is -0.384. The molecule has 6 heteroatoms. The fourth-order valence-corrected chi connectivity index (χ4v) is 2.29. The topological polar surface area (TPSA) is 83.7 Å². The summed E-state index contributed by atoms with van der Waals surface area (Å²) < 4.78 is 0. The highest BCUT2D eigenvalue weighted by Crippen LogP contribution is 2.33. The first-order valence-electron chi connectivity index (χ1n) is 5.92. The molecule has 0 radical (unpaired) electrons. The molecular formula is C13H14N2O4. The number of para-hydroxylation sites is 1. The summed E-state index contributed by atoms with van der Waals surface area (Å²) in [5, 5.41) is 20.3. The van der Waals surface area contributed by atoms with Gasteiger partial charge in [-0.2, -0.15) is 0 Å². The summed E-state index contributed by atoms with van der Waals surface area (Å²) in [4.78, 5) is 23.6. The highest BCUT2D eigenvalue weighted by molar-refractivity contribution is 5.97. The van der Waals surface area contributed by atoms with E-state index in [4.69, 9.17) is 0 Å². The van der Waals surface area contributed by atoms with Crippen molar-refractivity contribution < 1.29 is 14.8 Å². The van der Waals surface area contributed by atoms with E-state index < -0.39 is 10.9 Å². The molecule has 0 atom stereocenters. The van der Waals surface area contributed by atoms with Crippen LogP contribution in [0, 0.1) is 10.1 Å². The van der Waals surface area contributed by atoms with Crippen molar-refractivity contribution in [3.63, 3.8) is 0 Å². The van der Waals surface area contributed by atoms with Crippen molar-refractivity contribution in [3.05, 3.63) is 45.5 Å². The van der Waals surface area contributed by atoms with Gasteiger partial charge in [-0.1, -0.05) is 17.7 Å². The zero-order valence-electron chi connectivity index (χ0n) is 10.5. The van der Waals surface area contributed by atoms with Gasteiger partial charge in [-0.3, -0.25) is 10.1 Å². The number of nitro benzene ring substituents is 1. The Labute approximate surface area is 110 Å². The normalized spacial score (nSPS) is 15.0. The van der Waals surface area contributed by atoms with Crippen molar-refractivity contribution in [2.24, 2.45) is 0 Å². The Hall–Kier alpha value is -2.37. The van der Waals surface area contributed by atoms with Crippen LogP contribution in [0.3, 0.4) is 0 Å². The summed E-state index contributed by atoms with van der Waals surface area (Å²) in [5.74, 6) is -1.15. The van der Waals surface area contributed by atoms with Crippen LogP contribution in [-0.4, -0.2) is 29.1 Å². The van der Waals surface area contributed by atoms with Crippen LogP contribution in [0.1, 0.15) is 23.7 Å². The Balaban J connectivity index is 2.55. The Morgan fingerprint density at radius 3 is 2.79 bits per heavy atom. The predicted molar refractivity (Wildman–Crippen MR) is 70.6 cm³/mol. The van der Waals surface area contributed by atoms with Gasteiger partial charge >= 0.3 is 5.97 Å². The minimum atomic E-state index is -1.15. The van der Waals surface area contributed by atoms with Crippen LogP contribution in [0.4, 0.5) is 11.4 Å². The molecule has 1 aromatic rings. The van der Waals surface area contributed by atoms with E-state index in [2.05, 4.69) is 6.08 Å². The monoisotopic (exact) mass is 262 g/mol. The van der Waals surface area contributed by atoms with Crippen molar-refractivity contribution in [1.82, 2.24) is 0 Å². The summed E-state index contributed by atoms with van der Waals surface area (Å²) in [5.41, 5.74) is 1.10. The van der Waals surface area contributed by atoms with Gasteiger partial charge in [0.1, 0.15) is 5.69 Å². The van der Waals surface area contributed by atoms with Crippen LogP contribution < -0.4 is 4.90 Å². The number of rotatable bonds is 3. The van der Waals surface area contributed by atoms with Gasteiger partial charge in [0, 0.05) is 19.2 Å². The minimum absolute atomic E-state index is 0.0242. The highest BCUT2D eigenvalue weighted by Gasteiger charge is 2.26. The molecule has 6 nitrogen and oxygen atoms in total. The van der Waals surface area contributed by atoms with E-state index in [-0.39, 0.29) is 16.9 Å². The number of aromatic carboxylic acids is 1. The van der Waals surface area contributed by atoms with Crippen LogP contribution in [0.2, 0.25) is 0 Å². The average molecular weight is 262 g/mol. The number of hydrogen-bond donors (Lipinski definition) is 1. The Bertz CT molecular complexity index is 534. The number of carboxylic acids is 1. The molecule has 1 heterocycles. The number of benzene rings is 1. The van der Waals surface area contributed by atoms with E-state index in [1.165, 1.54) is 18.2 Å². The van der Waals surface area contributed by atoms with Crippen LogP contribution in [-0.2, 0) is 0 Å². The number of nitrogens with zero attached hydrogens (tertiary/aromatic N) is 2. The van der Waals surface area contributed by atoms with Gasteiger partial charge in [0.05, 0.1) is 10.5 Å². The minimum Gasteiger partial charge on any atom is -0.478 e. The van der Waals surface area contributed by atoms with Crippen LogP contribution in [0.15, 0.2) is 29.8 Å². The molecule has 0 aliphatic carbocycles. The molecule has 0 aromatic heterocycles. The predicted octanol–water partition coefficient (Wildman–Crippen LogP) is 2.45. The van der Waals surface area contributed by atoms with Gasteiger partial charge in [0.25, 0.3) is 5.69 Å². The maximum absolute atomic E-state index is 11.3. The molecule has 0 amide bonds. The zero-order chi connectivity index (χ0) is 14.0. The maximum atomic E-state index is 11.3. The molecule has 1 aliphatic heterocycles. The lowest BCUT2D eigenvalue weighted by atomic mass is 10.1. The first kappa shape index (κ1) is 13.1. The summed E-state index contributed by atoms with van der Waals surface area (Å²) in [6.45, 7) is 3.04. The quantitative estimate of drug-likeness (QED) is 0.514. The van der Waals surface area contributed by atoms with Gasteiger partial charge in [-0.05, 0) is 19.4 Å². The highest BCUT2D eigenvalue weighted by atomic mass is 16.6. The summed E-state index contributed by atoms with van der Waals surface area (Å²) >= 11 is 0. The van der Waals surface area contributed by atoms with Gasteiger partial charge in [0.2, 0.25) is 0 Å². The first-order valence-corrected chi connectivity index (χ1v) is 5.92. The zero-order valence-corrected chi connectivity index (χ0v) is 10.5. The molecular weight excluding hydrogens is 248 g/mol. The molecule has 1 aromatic carbocycles. The molecule has 0 saturated heterocycles. The maximum Gasteiger partial charge on any atom is 0.338 e. The van der Waals surface area contributed by atoms with Crippen molar-refractivity contribution >= 4 is 17.3 Å². The Morgan fingerprint density at radius 1 is 1.47 bits per heavy atom. The molecule has 2 rings (SSSR count). The van der Waals surface area contributed by atoms with E-state index in [0.717, 1.165) is 12.0 Å². The van der Waals surface area contributed by atoms with Crippen molar-refractivity contribution in [2.75, 3.05) is 18.0 Å². The van der Waals surface area contributed by atoms with Crippen LogP contribution in [0.25, 0.3) is 0 Å². The molecule has 0 bridgehead atoms. The van der Waals surface area contributed by atoms with Crippen molar-refractivity contribution in [1.29, 1.82) is 0 Å². The molecule has 0 saturated carbocycles. The van der Waals surface area contributed by atoms with Gasteiger partial charge in [-0.25, -0.2) is 4.79 Å². The van der Waals surface area contributed by atoms with E-state index in [1.807, 2.05) is 6.92 Å². The second-order valence-corrected chi connectivity index (χ2v) is 4.50. The second-order valence-electron chi connectivity index (χ2n) is 4.50. The fraction of sp³-hybridized carbons (Fsp3) is 0.308. The van der Waals surface area contributed by atoms with E-state index in [9.17, 15) is 20.0 Å². The summed E-state index contributed by atoms with van der Waals surface area (Å²) in [6, 6.07) is 4.14. The third kappa shape index (κ3) is 2.57. The Kier molecular flexibility index (Phi) is 3.50. The largest absolute Gasteiger partial charge is 0.478 e. The smallest absolute Gasteiger partial charge is 0.338 e. The van der Waals surface area contributed by atoms with Gasteiger partial charge < -0.3 is 10.0 Å². The SMILES string of the molecule is CC1=CCCN(c2c(C(=O)O)cccc2[N+](=O)[O-])C1. The molecule has 1 N–H and O–H groups in total. The Morgan fingerprint density at radius 2 is 2.21 bits per heavy atom. The second kappa shape index (κ2) is 5.09. The average Bonchev–Trinajstić information content (AvgIpc) is 2.37. The van der Waals surface area contributed by atoms with Crippen LogP contribution in [0.5, 0.6) is 0 Å². The van der Waals surface area contributed by atoms with Crippen molar-refractivity contribution in [2.45, 2.75) is 13.3 Å². The third-order valence-corrected chi connectivity index (χ3v) is 3.09. The fourth-order valence-electron chi connectivity index (χ4n) is 2.29. The van der Waals surface area contributed by atoms with E-state index in [0.29, 0.717) is 13.1 Å². The number of carboxylic acid groups (broad SMARTS) is 1. The number of hydrogen-bond acceptors (Lipinski definition) is 4. The number of anilines is 1. The number of nitro groups is 1. The van der Waals surface area contributed by atoms with Gasteiger partial charge in [0.15, 0.2) is 0 Å². The summed E-state index contributed by atoms with van der Waals surface area (Å²) in [7, 11) is 0. The molecule has 19 heavy (non-hydrogen) atoms. The van der Waals surface area contributed by atoms with Crippen molar-refractivity contribution in [3.8, 4) is 0 Å². The third-order valence-electron chi connectivity index (χ3n) is 3.09. The molecule has 0 spiro atoms. The molecule has 0 unspecified atom stereocenters. The van der Waals surface area contributed by atoms with Crippen LogP contribution >= 0.6 is 0 Å². The lowest BCUT2D eigenvalue weighted by Crippen LogP contribution is -2.31.